The molecule has 9 heteroatoms. The Labute approximate surface area is 183 Å². The molecule has 7 nitrogen and oxygen atoms in total. The molecule has 4 rings (SSSR count). The number of halogens is 2. The lowest BCUT2D eigenvalue weighted by atomic mass is 10.2. The number of ether oxygens (including phenoxy) is 1. The predicted molar refractivity (Wildman–Crippen MR) is 115 cm³/mol. The summed E-state index contributed by atoms with van der Waals surface area (Å²) in [6.07, 6.45) is 2.05. The number of rotatable bonds is 4. The van der Waals surface area contributed by atoms with Crippen LogP contribution in [0.15, 0.2) is 36.5 Å². The van der Waals surface area contributed by atoms with Crippen molar-refractivity contribution < 1.29 is 14.3 Å². The number of pyridine rings is 1. The maximum atomic E-state index is 12.8. The first-order chi connectivity index (χ1) is 14.5. The highest BCUT2D eigenvalue weighted by Crippen LogP contribution is 2.27. The van der Waals surface area contributed by atoms with Gasteiger partial charge in [-0.25, -0.2) is 4.98 Å². The molecule has 0 radical (unpaired) electrons. The fourth-order valence-corrected chi connectivity index (χ4v) is 4.08. The Balaban J connectivity index is 1.62. The molecule has 0 atom stereocenters. The second-order valence-electron chi connectivity index (χ2n) is 6.98. The normalized spacial score (nSPS) is 14.2. The van der Waals surface area contributed by atoms with Gasteiger partial charge in [0.25, 0.3) is 5.91 Å². The van der Waals surface area contributed by atoms with E-state index in [4.69, 9.17) is 27.9 Å². The van der Waals surface area contributed by atoms with Crippen LogP contribution in [0.25, 0.3) is 5.65 Å². The molecule has 1 aromatic carbocycles. The molecule has 0 aliphatic carbocycles. The van der Waals surface area contributed by atoms with Crippen LogP contribution in [0.1, 0.15) is 21.7 Å². The quantitative estimate of drug-likeness (QED) is 0.663. The third kappa shape index (κ3) is 4.01. The van der Waals surface area contributed by atoms with Crippen LogP contribution < -0.4 is 5.32 Å². The van der Waals surface area contributed by atoms with Gasteiger partial charge in [-0.2, -0.15) is 0 Å². The van der Waals surface area contributed by atoms with Crippen molar-refractivity contribution in [2.24, 2.45) is 0 Å². The zero-order valence-corrected chi connectivity index (χ0v) is 17.8. The molecule has 3 aromatic rings. The number of aromatic nitrogens is 2. The summed E-state index contributed by atoms with van der Waals surface area (Å²) in [4.78, 5) is 31.9. The number of aryl methyl sites for hydroxylation is 1. The number of carbonyl (C=O) groups excluding carboxylic acids is 2. The smallest absolute Gasteiger partial charge is 0.258 e. The average Bonchev–Trinajstić information content (AvgIpc) is 3.05. The van der Waals surface area contributed by atoms with Gasteiger partial charge in [-0.3, -0.25) is 9.59 Å². The molecular formula is C21H20Cl2N4O3. The zero-order chi connectivity index (χ0) is 21.3. The summed E-state index contributed by atoms with van der Waals surface area (Å²) in [6.45, 7) is 4.14. The second-order valence-corrected chi connectivity index (χ2v) is 7.79. The average molecular weight is 447 g/mol. The molecule has 30 heavy (non-hydrogen) atoms. The molecule has 156 valence electrons. The standard InChI is InChI=1S/C21H20Cl2N4O3/c1-13-17(12-18(28)26-8-10-30-11-9-26)27-7-3-6-16(20(27)24-13)25-21(29)19-14(22)4-2-5-15(19)23/h2-7H,8-12H2,1H3,(H,25,29). The number of fused-ring (bicyclic) bond motifs is 1. The summed E-state index contributed by atoms with van der Waals surface area (Å²) in [7, 11) is 0. The van der Waals surface area contributed by atoms with Crippen molar-refractivity contribution in [3.8, 4) is 0 Å². The SMILES string of the molecule is Cc1nc2c(NC(=O)c3c(Cl)cccc3Cl)cccn2c1CC(=O)N1CCOCC1. The molecule has 0 saturated carbocycles. The molecule has 0 bridgehead atoms. The molecule has 3 heterocycles. The van der Waals surface area contributed by atoms with Gasteiger partial charge in [0, 0.05) is 19.3 Å². The van der Waals surface area contributed by atoms with E-state index in [1.807, 2.05) is 17.5 Å². The van der Waals surface area contributed by atoms with E-state index in [1.54, 1.807) is 35.2 Å². The lowest BCUT2D eigenvalue weighted by Crippen LogP contribution is -2.41. The Kier molecular flexibility index (Phi) is 5.94. The van der Waals surface area contributed by atoms with E-state index in [-0.39, 0.29) is 27.9 Å². The van der Waals surface area contributed by atoms with E-state index in [0.717, 1.165) is 11.4 Å². The number of morpholine rings is 1. The minimum Gasteiger partial charge on any atom is -0.378 e. The molecule has 2 aromatic heterocycles. The van der Waals surface area contributed by atoms with E-state index in [0.29, 0.717) is 37.6 Å². The third-order valence-corrected chi connectivity index (χ3v) is 5.70. The second kappa shape index (κ2) is 8.63. The number of imidazole rings is 1. The van der Waals surface area contributed by atoms with Crippen LogP contribution in [-0.2, 0) is 16.0 Å². The van der Waals surface area contributed by atoms with Crippen LogP contribution in [0, 0.1) is 6.92 Å². The molecule has 0 spiro atoms. The van der Waals surface area contributed by atoms with Crippen molar-refractivity contribution in [2.75, 3.05) is 31.6 Å². The summed E-state index contributed by atoms with van der Waals surface area (Å²) in [5.74, 6) is -0.397. The van der Waals surface area contributed by atoms with Crippen LogP contribution in [0.3, 0.4) is 0 Å². The summed E-state index contributed by atoms with van der Waals surface area (Å²) in [5.41, 5.74) is 2.78. The van der Waals surface area contributed by atoms with Gasteiger partial charge in [0.15, 0.2) is 5.65 Å². The van der Waals surface area contributed by atoms with Gasteiger partial charge in [-0.1, -0.05) is 29.3 Å². The number of anilines is 1. The number of hydrogen-bond donors (Lipinski definition) is 1. The Morgan fingerprint density at radius 2 is 1.83 bits per heavy atom. The highest BCUT2D eigenvalue weighted by molar-refractivity contribution is 6.40. The fraction of sp³-hybridized carbons (Fsp3) is 0.286. The Hall–Kier alpha value is -2.61. The van der Waals surface area contributed by atoms with Crippen LogP contribution in [0.5, 0.6) is 0 Å². The van der Waals surface area contributed by atoms with E-state index < -0.39 is 5.91 Å². The van der Waals surface area contributed by atoms with E-state index in [2.05, 4.69) is 10.3 Å². The van der Waals surface area contributed by atoms with Gasteiger partial charge in [0.1, 0.15) is 0 Å². The number of nitrogens with one attached hydrogen (secondary N) is 1. The highest BCUT2D eigenvalue weighted by Gasteiger charge is 2.22. The fourth-order valence-electron chi connectivity index (χ4n) is 3.51. The first-order valence-corrected chi connectivity index (χ1v) is 10.3. The van der Waals surface area contributed by atoms with Crippen molar-refractivity contribution in [3.63, 3.8) is 0 Å². The Morgan fingerprint density at radius 1 is 1.13 bits per heavy atom. The van der Waals surface area contributed by atoms with Crippen molar-refractivity contribution in [1.29, 1.82) is 0 Å². The van der Waals surface area contributed by atoms with Crippen molar-refractivity contribution in [3.05, 3.63) is 63.5 Å². The maximum absolute atomic E-state index is 12.8. The zero-order valence-electron chi connectivity index (χ0n) is 16.3. The molecule has 1 saturated heterocycles. The number of amides is 2. The molecule has 1 fully saturated rings. The van der Waals surface area contributed by atoms with Crippen LogP contribution in [-0.4, -0.2) is 52.4 Å². The van der Waals surface area contributed by atoms with Crippen LogP contribution >= 0.6 is 23.2 Å². The van der Waals surface area contributed by atoms with Crippen LogP contribution in [0.2, 0.25) is 10.0 Å². The predicted octanol–water partition coefficient (Wildman–Crippen LogP) is 3.60. The number of nitrogens with zero attached hydrogens (tertiary/aromatic N) is 3. The molecular weight excluding hydrogens is 427 g/mol. The monoisotopic (exact) mass is 446 g/mol. The van der Waals surface area contributed by atoms with Gasteiger partial charge in [0.05, 0.1) is 52.3 Å². The largest absolute Gasteiger partial charge is 0.378 e. The van der Waals surface area contributed by atoms with Crippen LogP contribution in [0.4, 0.5) is 5.69 Å². The molecule has 1 aliphatic rings. The van der Waals surface area contributed by atoms with Gasteiger partial charge in [-0.05, 0) is 31.2 Å². The Morgan fingerprint density at radius 3 is 2.53 bits per heavy atom. The molecule has 1 N–H and O–H groups in total. The minimum atomic E-state index is -0.426. The summed E-state index contributed by atoms with van der Waals surface area (Å²) in [6, 6.07) is 8.44. The van der Waals surface area contributed by atoms with Crippen molar-refractivity contribution >= 4 is 46.4 Å². The van der Waals surface area contributed by atoms with Gasteiger partial charge in [-0.15, -0.1) is 0 Å². The van der Waals surface area contributed by atoms with E-state index >= 15 is 0 Å². The molecule has 2 amide bonds. The molecule has 0 unspecified atom stereocenters. The van der Waals surface area contributed by atoms with E-state index in [9.17, 15) is 9.59 Å². The third-order valence-electron chi connectivity index (χ3n) is 5.07. The number of hydrogen-bond acceptors (Lipinski definition) is 4. The minimum absolute atomic E-state index is 0.0282. The molecule has 1 aliphatic heterocycles. The lowest BCUT2D eigenvalue weighted by Gasteiger charge is -2.26. The Bertz CT molecular complexity index is 1100. The summed E-state index contributed by atoms with van der Waals surface area (Å²) >= 11 is 12.3. The lowest BCUT2D eigenvalue weighted by molar-refractivity contribution is -0.134. The van der Waals surface area contributed by atoms with Crippen molar-refractivity contribution in [1.82, 2.24) is 14.3 Å². The first kappa shape index (κ1) is 20.7. The van der Waals surface area contributed by atoms with Gasteiger partial charge >= 0.3 is 0 Å². The number of benzene rings is 1. The topological polar surface area (TPSA) is 75.9 Å². The summed E-state index contributed by atoms with van der Waals surface area (Å²) in [5, 5.41) is 3.37. The highest BCUT2D eigenvalue weighted by atomic mass is 35.5. The van der Waals surface area contributed by atoms with Gasteiger partial charge in [0.2, 0.25) is 5.91 Å². The van der Waals surface area contributed by atoms with Gasteiger partial charge < -0.3 is 19.4 Å². The first-order valence-electron chi connectivity index (χ1n) is 9.53. The summed E-state index contributed by atoms with van der Waals surface area (Å²) < 4.78 is 7.15. The maximum Gasteiger partial charge on any atom is 0.258 e. The number of carbonyl (C=O) groups is 2. The van der Waals surface area contributed by atoms with E-state index in [1.165, 1.54) is 0 Å². The van der Waals surface area contributed by atoms with Crippen molar-refractivity contribution in [2.45, 2.75) is 13.3 Å².